The van der Waals surface area contributed by atoms with Gasteiger partial charge in [-0.2, -0.15) is 0 Å². The number of hydrogen-bond acceptors (Lipinski definition) is 4. The van der Waals surface area contributed by atoms with Gasteiger partial charge in [0.2, 0.25) is 0 Å². The number of hydrogen-bond donors (Lipinski definition) is 1. The zero-order valence-electron chi connectivity index (χ0n) is 10.8. The van der Waals surface area contributed by atoms with Crippen LogP contribution in [-0.4, -0.2) is 24.7 Å². The van der Waals surface area contributed by atoms with Crippen molar-refractivity contribution < 1.29 is 19.1 Å². The number of ether oxygens (including phenoxy) is 1. The first-order valence-electron chi connectivity index (χ1n) is 6.04. The third-order valence-corrected chi connectivity index (χ3v) is 2.62. The Morgan fingerprint density at radius 3 is 2.63 bits per heavy atom. The Kier molecular flexibility index (Phi) is 6.29. The second-order valence-corrected chi connectivity index (χ2v) is 4.19. The summed E-state index contributed by atoms with van der Waals surface area (Å²) in [5.74, 6) is -0.573. The first-order valence-corrected chi connectivity index (χ1v) is 6.04. The van der Waals surface area contributed by atoms with Gasteiger partial charge >= 0.3 is 6.09 Å². The normalized spacial score (nSPS) is 11.4. The van der Waals surface area contributed by atoms with Gasteiger partial charge in [-0.3, -0.25) is 4.79 Å². The number of alkyl carbamates (subject to hydrolysis) is 1. The van der Waals surface area contributed by atoms with Crippen molar-refractivity contribution in [3.63, 3.8) is 0 Å². The molecule has 0 heterocycles. The van der Waals surface area contributed by atoms with E-state index in [1.165, 1.54) is 0 Å². The van der Waals surface area contributed by atoms with Gasteiger partial charge in [0.15, 0.2) is 5.78 Å². The minimum Gasteiger partial charge on any atom is -0.445 e. The molecule has 19 heavy (non-hydrogen) atoms. The molecule has 0 spiro atoms. The second-order valence-electron chi connectivity index (χ2n) is 4.19. The lowest BCUT2D eigenvalue weighted by Gasteiger charge is -2.09. The van der Waals surface area contributed by atoms with Crippen LogP contribution in [0.3, 0.4) is 0 Å². The molecule has 5 heteroatoms. The summed E-state index contributed by atoms with van der Waals surface area (Å²) in [6.45, 7) is 1.68. The van der Waals surface area contributed by atoms with E-state index in [0.717, 1.165) is 5.56 Å². The van der Waals surface area contributed by atoms with Crippen molar-refractivity contribution in [2.45, 2.75) is 20.0 Å². The van der Waals surface area contributed by atoms with E-state index in [2.05, 4.69) is 5.32 Å². The molecule has 102 valence electrons. The molecular formula is C14H17NO4. The smallest absolute Gasteiger partial charge is 0.407 e. The van der Waals surface area contributed by atoms with Crippen LogP contribution >= 0.6 is 0 Å². The van der Waals surface area contributed by atoms with Crippen LogP contribution in [0.1, 0.15) is 18.9 Å². The first-order chi connectivity index (χ1) is 9.13. The van der Waals surface area contributed by atoms with Gasteiger partial charge in [-0.15, -0.1) is 0 Å². The molecule has 0 aliphatic heterocycles. The third-order valence-electron chi connectivity index (χ3n) is 2.62. The summed E-state index contributed by atoms with van der Waals surface area (Å²) in [4.78, 5) is 33.1. The molecular weight excluding hydrogens is 246 g/mol. The first kappa shape index (κ1) is 14.9. The molecule has 1 aromatic carbocycles. The van der Waals surface area contributed by atoms with Crippen LogP contribution in [0.5, 0.6) is 0 Å². The van der Waals surface area contributed by atoms with Crippen molar-refractivity contribution in [3.05, 3.63) is 35.9 Å². The summed E-state index contributed by atoms with van der Waals surface area (Å²) in [7, 11) is 0. The second kappa shape index (κ2) is 8.02. The standard InChI is InChI=1S/C14H17NO4/c1-11(7-8-16)13(17)9-15-14(18)19-10-12-5-3-2-4-6-12/h2-6,8,11H,7,9-10H2,1H3,(H,15,18). The highest BCUT2D eigenvalue weighted by Gasteiger charge is 2.13. The number of benzene rings is 1. The van der Waals surface area contributed by atoms with Crippen LogP contribution in [0.4, 0.5) is 4.79 Å². The van der Waals surface area contributed by atoms with Gasteiger partial charge in [-0.05, 0) is 5.56 Å². The van der Waals surface area contributed by atoms with E-state index >= 15 is 0 Å². The van der Waals surface area contributed by atoms with Gasteiger partial charge in [0, 0.05) is 12.3 Å². The average molecular weight is 263 g/mol. The van der Waals surface area contributed by atoms with Crippen molar-refractivity contribution in [1.29, 1.82) is 0 Å². The molecule has 1 aromatic rings. The number of rotatable bonds is 7. The molecule has 0 aliphatic rings. The summed E-state index contributed by atoms with van der Waals surface area (Å²) in [5, 5.41) is 2.37. The highest BCUT2D eigenvalue weighted by molar-refractivity contribution is 5.87. The van der Waals surface area contributed by atoms with Gasteiger partial charge in [0.25, 0.3) is 0 Å². The summed E-state index contributed by atoms with van der Waals surface area (Å²) in [6.07, 6.45) is 0.214. The Labute approximate surface area is 111 Å². The fourth-order valence-corrected chi connectivity index (χ4v) is 1.38. The van der Waals surface area contributed by atoms with E-state index in [1.54, 1.807) is 6.92 Å². The maximum atomic E-state index is 11.5. The summed E-state index contributed by atoms with van der Waals surface area (Å²) in [6, 6.07) is 9.24. The third kappa shape index (κ3) is 5.81. The predicted octanol–water partition coefficient (Wildman–Crippen LogP) is 1.71. The Morgan fingerprint density at radius 1 is 1.32 bits per heavy atom. The van der Waals surface area contributed by atoms with Crippen LogP contribution in [-0.2, 0) is 20.9 Å². The SMILES string of the molecule is CC(CC=O)C(=O)CNC(=O)OCc1ccccc1. The van der Waals surface area contributed by atoms with E-state index in [1.807, 2.05) is 30.3 Å². The molecule has 0 radical (unpaired) electrons. The number of amides is 1. The molecule has 0 aliphatic carbocycles. The topological polar surface area (TPSA) is 72.5 Å². The van der Waals surface area contributed by atoms with Crippen LogP contribution < -0.4 is 5.32 Å². The molecule has 0 bridgehead atoms. The van der Waals surface area contributed by atoms with Gasteiger partial charge < -0.3 is 14.8 Å². The summed E-state index contributed by atoms with van der Waals surface area (Å²) in [5.41, 5.74) is 0.873. The van der Waals surface area contributed by atoms with Gasteiger partial charge in [-0.1, -0.05) is 37.3 Å². The Morgan fingerprint density at radius 2 is 2.00 bits per heavy atom. The van der Waals surface area contributed by atoms with Gasteiger partial charge in [0.05, 0.1) is 6.54 Å². The molecule has 0 saturated carbocycles. The minimum absolute atomic E-state index is 0.122. The average Bonchev–Trinajstić information content (AvgIpc) is 2.43. The number of carbonyl (C=O) groups is 3. The lowest BCUT2D eigenvalue weighted by Crippen LogP contribution is -2.32. The molecule has 1 atom stereocenters. The zero-order valence-corrected chi connectivity index (χ0v) is 10.8. The molecule has 1 rings (SSSR count). The highest BCUT2D eigenvalue weighted by atomic mass is 16.5. The number of nitrogens with one attached hydrogen (secondary N) is 1. The number of aldehydes is 1. The minimum atomic E-state index is -0.643. The van der Waals surface area contributed by atoms with Crippen LogP contribution in [0.2, 0.25) is 0 Å². The summed E-state index contributed by atoms with van der Waals surface area (Å²) >= 11 is 0. The maximum Gasteiger partial charge on any atom is 0.407 e. The van der Waals surface area contributed by atoms with Crippen LogP contribution in [0, 0.1) is 5.92 Å². The molecule has 1 amide bonds. The van der Waals surface area contributed by atoms with E-state index < -0.39 is 6.09 Å². The van der Waals surface area contributed by atoms with E-state index in [0.29, 0.717) is 6.29 Å². The predicted molar refractivity (Wildman–Crippen MR) is 69.5 cm³/mol. The number of ketones is 1. The van der Waals surface area contributed by atoms with Crippen molar-refractivity contribution in [1.82, 2.24) is 5.32 Å². The van der Waals surface area contributed by atoms with E-state index in [9.17, 15) is 14.4 Å². The lowest BCUT2D eigenvalue weighted by atomic mass is 10.0. The molecule has 5 nitrogen and oxygen atoms in total. The monoisotopic (exact) mass is 263 g/mol. The van der Waals surface area contributed by atoms with Crippen LogP contribution in [0.25, 0.3) is 0 Å². The van der Waals surface area contributed by atoms with E-state index in [4.69, 9.17) is 4.74 Å². The Bertz CT molecular complexity index is 430. The van der Waals surface area contributed by atoms with Gasteiger partial charge in [-0.25, -0.2) is 4.79 Å². The fraction of sp³-hybridized carbons (Fsp3) is 0.357. The van der Waals surface area contributed by atoms with Crippen molar-refractivity contribution in [3.8, 4) is 0 Å². The quantitative estimate of drug-likeness (QED) is 0.760. The number of carbonyl (C=O) groups excluding carboxylic acids is 3. The van der Waals surface area contributed by atoms with Gasteiger partial charge in [0.1, 0.15) is 12.9 Å². The molecule has 1 N–H and O–H groups in total. The Balaban J connectivity index is 2.25. The van der Waals surface area contributed by atoms with Crippen molar-refractivity contribution in [2.24, 2.45) is 5.92 Å². The van der Waals surface area contributed by atoms with Crippen molar-refractivity contribution >= 4 is 18.2 Å². The molecule has 0 fully saturated rings. The summed E-state index contributed by atoms with van der Waals surface area (Å²) < 4.78 is 4.95. The zero-order chi connectivity index (χ0) is 14.1. The fourth-order valence-electron chi connectivity index (χ4n) is 1.38. The maximum absolute atomic E-state index is 11.5. The number of Topliss-reactive ketones (excluding diaryl/α,β-unsaturated/α-hetero) is 1. The van der Waals surface area contributed by atoms with Crippen LogP contribution in [0.15, 0.2) is 30.3 Å². The lowest BCUT2D eigenvalue weighted by molar-refractivity contribution is -0.123. The molecule has 0 saturated heterocycles. The largest absolute Gasteiger partial charge is 0.445 e. The van der Waals surface area contributed by atoms with Crippen molar-refractivity contribution in [2.75, 3.05) is 6.54 Å². The molecule has 1 unspecified atom stereocenters. The van der Waals surface area contributed by atoms with E-state index in [-0.39, 0.29) is 31.3 Å². The molecule has 0 aromatic heterocycles. The Hall–Kier alpha value is -2.17. The highest BCUT2D eigenvalue weighted by Crippen LogP contribution is 2.01.